The lowest BCUT2D eigenvalue weighted by Crippen LogP contribution is -2.24. The quantitative estimate of drug-likeness (QED) is 0.695. The Kier molecular flexibility index (Phi) is 6.23. The molecule has 0 unspecified atom stereocenters. The Morgan fingerprint density at radius 3 is 2.21 bits per heavy atom. The van der Waals surface area contributed by atoms with Crippen LogP contribution in [-0.4, -0.2) is 30.8 Å². The number of aryl methyl sites for hydroxylation is 2. The number of ketones is 1. The van der Waals surface area contributed by atoms with E-state index in [4.69, 9.17) is 0 Å². The Hall–Kier alpha value is -1.15. The normalized spacial score (nSPS) is 11.3. The van der Waals surface area contributed by atoms with Gasteiger partial charge in [0, 0.05) is 18.5 Å². The molecule has 0 radical (unpaired) electrons. The van der Waals surface area contributed by atoms with Crippen molar-refractivity contribution in [2.24, 2.45) is 5.92 Å². The Bertz CT molecular complexity index is 403. The zero-order valence-corrected chi connectivity index (χ0v) is 13.0. The molecule has 0 fully saturated rings. The van der Waals surface area contributed by atoms with E-state index in [1.807, 2.05) is 26.0 Å². The van der Waals surface area contributed by atoms with Gasteiger partial charge in [-0.1, -0.05) is 31.0 Å². The minimum Gasteiger partial charge on any atom is -0.306 e. The van der Waals surface area contributed by atoms with E-state index in [-0.39, 0.29) is 5.78 Å². The van der Waals surface area contributed by atoms with Gasteiger partial charge < -0.3 is 4.90 Å². The molecular formula is C17H27NO. The van der Waals surface area contributed by atoms with Gasteiger partial charge in [-0.05, 0) is 51.9 Å². The molecule has 0 bridgehead atoms. The highest BCUT2D eigenvalue weighted by Gasteiger charge is 2.09. The van der Waals surface area contributed by atoms with Gasteiger partial charge in [0.05, 0.1) is 0 Å². The van der Waals surface area contributed by atoms with E-state index in [0.717, 1.165) is 35.7 Å². The summed E-state index contributed by atoms with van der Waals surface area (Å²) in [5.41, 5.74) is 3.18. The summed E-state index contributed by atoms with van der Waals surface area (Å²) < 4.78 is 0. The van der Waals surface area contributed by atoms with Crippen LogP contribution in [0.2, 0.25) is 0 Å². The lowest BCUT2D eigenvalue weighted by atomic mass is 10.0. The Morgan fingerprint density at radius 2 is 1.68 bits per heavy atom. The number of hydrogen-bond donors (Lipinski definition) is 0. The molecule has 106 valence electrons. The highest BCUT2D eigenvalue weighted by atomic mass is 16.1. The molecule has 0 amide bonds. The highest BCUT2D eigenvalue weighted by Crippen LogP contribution is 2.11. The molecular weight excluding hydrogens is 234 g/mol. The van der Waals surface area contributed by atoms with Gasteiger partial charge in [0.25, 0.3) is 0 Å². The second kappa shape index (κ2) is 7.44. The van der Waals surface area contributed by atoms with Crippen LogP contribution in [0.3, 0.4) is 0 Å². The molecule has 0 heterocycles. The van der Waals surface area contributed by atoms with E-state index in [1.54, 1.807) is 0 Å². The van der Waals surface area contributed by atoms with Gasteiger partial charge in [-0.3, -0.25) is 4.79 Å². The monoisotopic (exact) mass is 261 g/mol. The predicted octanol–water partition coefficient (Wildman–Crippen LogP) is 3.85. The van der Waals surface area contributed by atoms with E-state index < -0.39 is 0 Å². The topological polar surface area (TPSA) is 20.3 Å². The molecule has 0 aliphatic rings. The van der Waals surface area contributed by atoms with Gasteiger partial charge in [0.1, 0.15) is 0 Å². The van der Waals surface area contributed by atoms with E-state index in [1.165, 1.54) is 6.42 Å². The first kappa shape index (κ1) is 15.9. The molecule has 0 N–H and O–H groups in total. The third-order valence-electron chi connectivity index (χ3n) is 3.35. The molecule has 1 aromatic carbocycles. The fraction of sp³-hybridized carbons (Fsp3) is 0.588. The van der Waals surface area contributed by atoms with Crippen LogP contribution < -0.4 is 0 Å². The van der Waals surface area contributed by atoms with Crippen LogP contribution in [0, 0.1) is 19.8 Å². The van der Waals surface area contributed by atoms with Crippen molar-refractivity contribution in [3.05, 3.63) is 34.9 Å². The number of carbonyl (C=O) groups excluding carboxylic acids is 1. The standard InChI is InChI=1S/C17H27NO/c1-13(2)6-8-18(5)9-7-17(19)16-11-14(3)10-15(4)12-16/h10-13H,6-9H2,1-5H3. The number of rotatable bonds is 7. The average molecular weight is 261 g/mol. The van der Waals surface area contributed by atoms with Crippen molar-refractivity contribution >= 4 is 5.78 Å². The van der Waals surface area contributed by atoms with Crippen molar-refractivity contribution in [3.8, 4) is 0 Å². The SMILES string of the molecule is Cc1cc(C)cc(C(=O)CCN(C)CCC(C)C)c1. The maximum Gasteiger partial charge on any atom is 0.164 e. The molecule has 0 aliphatic carbocycles. The number of benzene rings is 1. The zero-order valence-electron chi connectivity index (χ0n) is 13.0. The van der Waals surface area contributed by atoms with Crippen molar-refractivity contribution < 1.29 is 4.79 Å². The summed E-state index contributed by atoms with van der Waals surface area (Å²) in [6.07, 6.45) is 1.80. The Labute approximate surface area is 117 Å². The molecule has 0 aromatic heterocycles. The minimum atomic E-state index is 0.253. The molecule has 0 saturated carbocycles. The molecule has 0 aliphatic heterocycles. The minimum absolute atomic E-state index is 0.253. The first-order valence-corrected chi connectivity index (χ1v) is 7.18. The van der Waals surface area contributed by atoms with E-state index in [2.05, 4.69) is 31.9 Å². The number of nitrogens with zero attached hydrogens (tertiary/aromatic N) is 1. The predicted molar refractivity (Wildman–Crippen MR) is 81.8 cm³/mol. The summed E-state index contributed by atoms with van der Waals surface area (Å²) in [4.78, 5) is 14.4. The average Bonchev–Trinajstić information content (AvgIpc) is 2.32. The third kappa shape index (κ3) is 6.02. The summed E-state index contributed by atoms with van der Waals surface area (Å²) in [6, 6.07) is 6.08. The molecule has 0 saturated heterocycles. The highest BCUT2D eigenvalue weighted by molar-refractivity contribution is 5.96. The summed E-state index contributed by atoms with van der Waals surface area (Å²) in [5.74, 6) is 0.973. The Balaban J connectivity index is 2.46. The molecule has 1 rings (SSSR count). The van der Waals surface area contributed by atoms with Crippen molar-refractivity contribution in [2.45, 2.75) is 40.5 Å². The van der Waals surface area contributed by atoms with Crippen LogP contribution in [0.1, 0.15) is 48.2 Å². The lowest BCUT2D eigenvalue weighted by molar-refractivity contribution is 0.0968. The summed E-state index contributed by atoms with van der Waals surface area (Å²) in [7, 11) is 2.09. The van der Waals surface area contributed by atoms with Crippen molar-refractivity contribution in [1.82, 2.24) is 4.90 Å². The number of Topliss-reactive ketones (excluding diaryl/α,β-unsaturated/α-hetero) is 1. The summed E-state index contributed by atoms with van der Waals surface area (Å²) >= 11 is 0. The summed E-state index contributed by atoms with van der Waals surface area (Å²) in [6.45, 7) is 10.5. The summed E-state index contributed by atoms with van der Waals surface area (Å²) in [5, 5.41) is 0. The van der Waals surface area contributed by atoms with Crippen LogP contribution in [0.15, 0.2) is 18.2 Å². The van der Waals surface area contributed by atoms with Crippen molar-refractivity contribution in [2.75, 3.05) is 20.1 Å². The molecule has 2 nitrogen and oxygen atoms in total. The second-order valence-corrected chi connectivity index (χ2v) is 6.04. The van der Waals surface area contributed by atoms with E-state index in [0.29, 0.717) is 6.42 Å². The maximum atomic E-state index is 12.2. The van der Waals surface area contributed by atoms with Gasteiger partial charge in [-0.2, -0.15) is 0 Å². The second-order valence-electron chi connectivity index (χ2n) is 6.04. The molecule has 19 heavy (non-hydrogen) atoms. The van der Waals surface area contributed by atoms with Gasteiger partial charge in [0.2, 0.25) is 0 Å². The van der Waals surface area contributed by atoms with Crippen LogP contribution >= 0.6 is 0 Å². The smallest absolute Gasteiger partial charge is 0.164 e. The van der Waals surface area contributed by atoms with Crippen LogP contribution in [-0.2, 0) is 0 Å². The van der Waals surface area contributed by atoms with E-state index in [9.17, 15) is 4.79 Å². The maximum absolute atomic E-state index is 12.2. The first-order chi connectivity index (χ1) is 8.88. The largest absolute Gasteiger partial charge is 0.306 e. The lowest BCUT2D eigenvalue weighted by Gasteiger charge is -2.17. The fourth-order valence-electron chi connectivity index (χ4n) is 2.16. The van der Waals surface area contributed by atoms with Gasteiger partial charge in [-0.25, -0.2) is 0 Å². The fourth-order valence-corrected chi connectivity index (χ4v) is 2.16. The number of hydrogen-bond acceptors (Lipinski definition) is 2. The number of carbonyl (C=O) groups is 1. The first-order valence-electron chi connectivity index (χ1n) is 7.18. The van der Waals surface area contributed by atoms with Gasteiger partial charge in [-0.15, -0.1) is 0 Å². The Morgan fingerprint density at radius 1 is 1.11 bits per heavy atom. The molecule has 2 heteroatoms. The van der Waals surface area contributed by atoms with Crippen LogP contribution in [0.4, 0.5) is 0 Å². The zero-order chi connectivity index (χ0) is 14.4. The molecule has 0 atom stereocenters. The van der Waals surface area contributed by atoms with Gasteiger partial charge in [0.15, 0.2) is 5.78 Å². The third-order valence-corrected chi connectivity index (χ3v) is 3.35. The van der Waals surface area contributed by atoms with Crippen LogP contribution in [0.5, 0.6) is 0 Å². The molecule has 0 spiro atoms. The van der Waals surface area contributed by atoms with Crippen molar-refractivity contribution in [3.63, 3.8) is 0 Å². The van der Waals surface area contributed by atoms with E-state index >= 15 is 0 Å². The molecule has 1 aromatic rings. The van der Waals surface area contributed by atoms with Gasteiger partial charge >= 0.3 is 0 Å². The van der Waals surface area contributed by atoms with Crippen LogP contribution in [0.25, 0.3) is 0 Å². The van der Waals surface area contributed by atoms with Crippen molar-refractivity contribution in [1.29, 1.82) is 0 Å².